The molecule has 2 aliphatic carbocycles. The summed E-state index contributed by atoms with van der Waals surface area (Å²) >= 11 is 0. The summed E-state index contributed by atoms with van der Waals surface area (Å²) < 4.78 is 0. The molecule has 2 aliphatic rings. The van der Waals surface area contributed by atoms with Gasteiger partial charge in [0.1, 0.15) is 0 Å². The molecule has 132 valence electrons. The fourth-order valence-electron chi connectivity index (χ4n) is 3.90. The van der Waals surface area contributed by atoms with Crippen LogP contribution in [0.1, 0.15) is 74.6 Å². The van der Waals surface area contributed by atoms with Gasteiger partial charge in [0.15, 0.2) is 0 Å². The van der Waals surface area contributed by atoms with Gasteiger partial charge in [0.05, 0.1) is 0 Å². The molecule has 0 heterocycles. The van der Waals surface area contributed by atoms with Crippen LogP contribution in [0.3, 0.4) is 0 Å². The zero-order valence-corrected chi connectivity index (χ0v) is 15.9. The van der Waals surface area contributed by atoms with Crippen molar-refractivity contribution in [1.82, 2.24) is 0 Å². The molecule has 0 atom stereocenters. The first-order valence-electron chi connectivity index (χ1n) is 10.3. The molecule has 0 unspecified atom stereocenters. The quantitative estimate of drug-likeness (QED) is 0.504. The smallest absolute Gasteiger partial charge is 0.0146 e. The minimum absolute atomic E-state index is 0.0735. The van der Waals surface area contributed by atoms with Crippen LogP contribution < -0.4 is 0 Å². The van der Waals surface area contributed by atoms with Crippen LogP contribution in [-0.2, 0) is 18.3 Å². The van der Waals surface area contributed by atoms with Crippen molar-refractivity contribution in [2.24, 2.45) is 11.8 Å². The van der Waals surface area contributed by atoms with E-state index in [0.717, 1.165) is 11.8 Å². The van der Waals surface area contributed by atoms with E-state index in [-0.39, 0.29) is 5.41 Å². The van der Waals surface area contributed by atoms with Crippen LogP contribution in [0, 0.1) is 11.8 Å². The van der Waals surface area contributed by atoms with Crippen molar-refractivity contribution in [3.63, 3.8) is 0 Å². The molecule has 0 heteroatoms. The zero-order chi connectivity index (χ0) is 17.3. The molecule has 2 saturated carbocycles. The van der Waals surface area contributed by atoms with E-state index in [1.165, 1.54) is 73.6 Å². The van der Waals surface area contributed by atoms with E-state index in [1.54, 1.807) is 0 Å². The lowest BCUT2D eigenvalue weighted by molar-refractivity contribution is 0.638. The molecule has 0 aromatic heterocycles. The first-order valence-corrected chi connectivity index (χ1v) is 10.3. The highest BCUT2D eigenvalue weighted by atomic mass is 14.3. The van der Waals surface area contributed by atoms with Gasteiger partial charge < -0.3 is 0 Å². The molecule has 2 aromatic rings. The Kier molecular flexibility index (Phi) is 4.71. The van der Waals surface area contributed by atoms with Gasteiger partial charge >= 0.3 is 0 Å². The van der Waals surface area contributed by atoms with E-state index in [1.807, 2.05) is 0 Å². The van der Waals surface area contributed by atoms with E-state index in [4.69, 9.17) is 0 Å². The van der Waals surface area contributed by atoms with Crippen LogP contribution in [0.5, 0.6) is 0 Å². The lowest BCUT2D eigenvalue weighted by Gasteiger charge is -2.26. The summed E-state index contributed by atoms with van der Waals surface area (Å²) in [7, 11) is 0. The minimum Gasteiger partial charge on any atom is -0.0587 e. The lowest BCUT2D eigenvalue weighted by Crippen LogP contribution is -2.18. The Labute approximate surface area is 153 Å². The number of aryl methyl sites for hydroxylation is 2. The monoisotopic (exact) mass is 332 g/mol. The highest BCUT2D eigenvalue weighted by Gasteiger charge is 2.24. The van der Waals surface area contributed by atoms with Crippen molar-refractivity contribution < 1.29 is 0 Å². The molecule has 2 fully saturated rings. The van der Waals surface area contributed by atoms with Crippen LogP contribution in [0.15, 0.2) is 48.5 Å². The predicted octanol–water partition coefficient (Wildman–Crippen LogP) is 6.70. The predicted molar refractivity (Wildman–Crippen MR) is 107 cm³/mol. The fourth-order valence-corrected chi connectivity index (χ4v) is 3.90. The largest absolute Gasteiger partial charge is 0.0587 e. The van der Waals surface area contributed by atoms with Gasteiger partial charge in [0.2, 0.25) is 0 Å². The van der Waals surface area contributed by atoms with Gasteiger partial charge in [0, 0.05) is 5.41 Å². The van der Waals surface area contributed by atoms with E-state index >= 15 is 0 Å². The maximum Gasteiger partial charge on any atom is 0.0146 e. The zero-order valence-electron chi connectivity index (χ0n) is 15.9. The first-order chi connectivity index (χ1) is 12.1. The Morgan fingerprint density at radius 2 is 1.00 bits per heavy atom. The summed E-state index contributed by atoms with van der Waals surface area (Å²) in [5, 5.41) is 0. The average molecular weight is 333 g/mol. The molecular formula is C25H32. The molecule has 0 aliphatic heterocycles. The highest BCUT2D eigenvalue weighted by Crippen LogP contribution is 2.36. The van der Waals surface area contributed by atoms with Gasteiger partial charge in [-0.1, -0.05) is 88.1 Å². The van der Waals surface area contributed by atoms with Crippen LogP contribution in [0.2, 0.25) is 0 Å². The topological polar surface area (TPSA) is 0 Å². The molecule has 0 N–H and O–H groups in total. The maximum atomic E-state index is 2.35. The number of benzene rings is 2. The summed E-state index contributed by atoms with van der Waals surface area (Å²) in [6.07, 6.45) is 11.1. The second-order valence-corrected chi connectivity index (χ2v) is 8.98. The Hall–Kier alpha value is -1.56. The second kappa shape index (κ2) is 6.98. The SMILES string of the molecule is CC(C)(c1ccc(CCC2CC2)cc1)c1ccc(CCC2CC2)cc1. The molecule has 0 nitrogen and oxygen atoms in total. The Balaban J connectivity index is 1.41. The van der Waals surface area contributed by atoms with Crippen LogP contribution in [-0.4, -0.2) is 0 Å². The second-order valence-electron chi connectivity index (χ2n) is 8.98. The fraction of sp³-hybridized carbons (Fsp3) is 0.520. The molecule has 25 heavy (non-hydrogen) atoms. The molecule has 0 bridgehead atoms. The standard InChI is InChI=1S/C25H32/c1-25(2,23-15-11-21(12-16-23)9-7-19-3-4-19)24-17-13-22(14-18-24)10-8-20-5-6-20/h11-20H,3-10H2,1-2H3. The molecule has 2 aromatic carbocycles. The summed E-state index contributed by atoms with van der Waals surface area (Å²) in [5.74, 6) is 2.05. The lowest BCUT2D eigenvalue weighted by atomic mass is 9.77. The van der Waals surface area contributed by atoms with Gasteiger partial charge in [-0.2, -0.15) is 0 Å². The van der Waals surface area contributed by atoms with Crippen molar-refractivity contribution in [2.75, 3.05) is 0 Å². The van der Waals surface area contributed by atoms with Crippen molar-refractivity contribution in [1.29, 1.82) is 0 Å². The Morgan fingerprint density at radius 1 is 0.640 bits per heavy atom. The van der Waals surface area contributed by atoms with Crippen molar-refractivity contribution in [2.45, 2.75) is 70.6 Å². The molecule has 4 rings (SSSR count). The van der Waals surface area contributed by atoms with Gasteiger partial charge in [-0.05, 0) is 59.8 Å². The van der Waals surface area contributed by atoms with Crippen molar-refractivity contribution in [3.05, 3.63) is 70.8 Å². The van der Waals surface area contributed by atoms with Gasteiger partial charge in [-0.15, -0.1) is 0 Å². The molecule has 0 radical (unpaired) electrons. The average Bonchev–Trinajstić information content (AvgIpc) is 3.54. The van der Waals surface area contributed by atoms with Gasteiger partial charge in [0.25, 0.3) is 0 Å². The Bertz CT molecular complexity index is 620. The summed E-state index contributed by atoms with van der Waals surface area (Å²) in [4.78, 5) is 0. The minimum atomic E-state index is 0.0735. The van der Waals surface area contributed by atoms with E-state index in [2.05, 4.69) is 62.4 Å². The normalized spacial score (nSPS) is 17.7. The molecule has 0 saturated heterocycles. The third-order valence-corrected chi connectivity index (χ3v) is 6.43. The number of hydrogen-bond acceptors (Lipinski definition) is 0. The van der Waals surface area contributed by atoms with Crippen molar-refractivity contribution in [3.8, 4) is 0 Å². The van der Waals surface area contributed by atoms with Crippen LogP contribution in [0.25, 0.3) is 0 Å². The Morgan fingerprint density at radius 3 is 1.32 bits per heavy atom. The van der Waals surface area contributed by atoms with E-state index < -0.39 is 0 Å². The first kappa shape index (κ1) is 16.9. The number of hydrogen-bond donors (Lipinski definition) is 0. The van der Waals surface area contributed by atoms with Crippen LogP contribution in [0.4, 0.5) is 0 Å². The van der Waals surface area contributed by atoms with E-state index in [9.17, 15) is 0 Å². The third kappa shape index (κ3) is 4.35. The number of rotatable bonds is 8. The summed E-state index contributed by atoms with van der Waals surface area (Å²) in [5.41, 5.74) is 5.93. The molecule has 0 amide bonds. The highest BCUT2D eigenvalue weighted by molar-refractivity contribution is 5.39. The maximum absolute atomic E-state index is 2.35. The summed E-state index contributed by atoms with van der Waals surface area (Å²) in [6.45, 7) is 4.71. The molecule has 0 spiro atoms. The third-order valence-electron chi connectivity index (χ3n) is 6.43. The van der Waals surface area contributed by atoms with Gasteiger partial charge in [-0.3, -0.25) is 0 Å². The van der Waals surface area contributed by atoms with Crippen LogP contribution >= 0.6 is 0 Å². The van der Waals surface area contributed by atoms with Gasteiger partial charge in [-0.25, -0.2) is 0 Å². The molecular weight excluding hydrogens is 300 g/mol. The van der Waals surface area contributed by atoms with Crippen molar-refractivity contribution >= 4 is 0 Å². The summed E-state index contributed by atoms with van der Waals surface area (Å²) in [6, 6.07) is 18.8. The van der Waals surface area contributed by atoms with E-state index in [0.29, 0.717) is 0 Å².